The van der Waals surface area contributed by atoms with Crippen LogP contribution in [0.3, 0.4) is 0 Å². The Labute approximate surface area is 467 Å². The number of aliphatic hydroxyl groups is 1. The summed E-state index contributed by atoms with van der Waals surface area (Å²) in [5, 5.41) is 13.8. The molecule has 430 valence electrons. The Bertz CT molecular complexity index is 1790. The van der Waals surface area contributed by atoms with Gasteiger partial charge in [0.05, 0.1) is 39.9 Å². The molecular formula is C67H111N2O6P. The zero-order valence-electron chi connectivity index (χ0n) is 48.9. The number of carbonyl (C=O) groups is 1. The molecule has 76 heavy (non-hydrogen) atoms. The summed E-state index contributed by atoms with van der Waals surface area (Å²) in [6.45, 7) is 4.45. The zero-order chi connectivity index (χ0) is 55.6. The van der Waals surface area contributed by atoms with E-state index in [0.29, 0.717) is 23.9 Å². The van der Waals surface area contributed by atoms with Gasteiger partial charge in [-0.25, -0.2) is 0 Å². The molecule has 0 aliphatic rings. The maximum Gasteiger partial charge on any atom is 0.268 e. The van der Waals surface area contributed by atoms with Gasteiger partial charge in [-0.3, -0.25) is 9.36 Å². The highest BCUT2D eigenvalue weighted by Crippen LogP contribution is 2.38. The average Bonchev–Trinajstić information content (AvgIpc) is 3.38. The molecule has 0 aliphatic heterocycles. The summed E-state index contributed by atoms with van der Waals surface area (Å²) in [5.74, 6) is -0.260. The fraction of sp³-hybridized carbons (Fsp3) is 0.597. The molecule has 0 aromatic rings. The number of carbonyl (C=O) groups excluding carboxylic acids is 1. The first kappa shape index (κ1) is 72.1. The topological polar surface area (TPSA) is 108 Å². The van der Waals surface area contributed by atoms with Crippen molar-refractivity contribution in [3.8, 4) is 0 Å². The van der Waals surface area contributed by atoms with Gasteiger partial charge < -0.3 is 28.8 Å². The number of rotatable bonds is 52. The Morgan fingerprint density at radius 3 is 1.22 bits per heavy atom. The van der Waals surface area contributed by atoms with E-state index in [4.69, 9.17) is 9.05 Å². The number of nitrogens with one attached hydrogen (secondary N) is 1. The van der Waals surface area contributed by atoms with Crippen LogP contribution in [0.15, 0.2) is 158 Å². The maximum absolute atomic E-state index is 13.0. The van der Waals surface area contributed by atoms with Gasteiger partial charge in [-0.15, -0.1) is 0 Å². The minimum atomic E-state index is -4.64. The van der Waals surface area contributed by atoms with Crippen molar-refractivity contribution < 1.29 is 32.9 Å². The number of aliphatic hydroxyl groups excluding tert-OH is 1. The number of likely N-dealkylation sites (N-methyl/N-ethyl adjacent to an activating group) is 1. The second kappa shape index (κ2) is 55.9. The average molecular weight is 1070 g/mol. The third-order valence-electron chi connectivity index (χ3n) is 12.2. The molecule has 0 heterocycles. The van der Waals surface area contributed by atoms with E-state index in [9.17, 15) is 19.4 Å². The quantitative estimate of drug-likeness (QED) is 0.0272. The van der Waals surface area contributed by atoms with Crippen LogP contribution in [0.5, 0.6) is 0 Å². The summed E-state index contributed by atoms with van der Waals surface area (Å²) in [7, 11) is 1.18. The van der Waals surface area contributed by atoms with Crippen molar-refractivity contribution in [2.45, 2.75) is 219 Å². The molecule has 8 nitrogen and oxygen atoms in total. The number of hydrogen-bond donors (Lipinski definition) is 2. The highest BCUT2D eigenvalue weighted by atomic mass is 31.2. The summed E-state index contributed by atoms with van der Waals surface area (Å²) in [4.78, 5) is 25.5. The molecule has 0 bridgehead atoms. The first-order valence-electron chi connectivity index (χ1n) is 29.8. The number of phosphoric ester groups is 1. The fourth-order valence-corrected chi connectivity index (χ4v) is 8.29. The van der Waals surface area contributed by atoms with Gasteiger partial charge >= 0.3 is 0 Å². The van der Waals surface area contributed by atoms with Gasteiger partial charge in [0.2, 0.25) is 5.91 Å². The van der Waals surface area contributed by atoms with Crippen molar-refractivity contribution in [2.75, 3.05) is 40.9 Å². The van der Waals surface area contributed by atoms with Gasteiger partial charge in [-0.2, -0.15) is 0 Å². The molecule has 0 spiro atoms. The maximum atomic E-state index is 13.0. The van der Waals surface area contributed by atoms with Gasteiger partial charge in [-0.05, 0) is 122 Å². The second-order valence-electron chi connectivity index (χ2n) is 20.6. The van der Waals surface area contributed by atoms with Crippen molar-refractivity contribution in [1.29, 1.82) is 0 Å². The van der Waals surface area contributed by atoms with Crippen molar-refractivity contribution >= 4 is 13.7 Å². The summed E-state index contributed by atoms with van der Waals surface area (Å²) in [5.41, 5.74) is 0. The van der Waals surface area contributed by atoms with Crippen molar-refractivity contribution in [3.05, 3.63) is 158 Å². The van der Waals surface area contributed by atoms with E-state index < -0.39 is 26.6 Å². The standard InChI is InChI=1S/C67H111N2O6P/c1-6-8-10-12-14-16-18-20-22-24-26-28-29-30-31-32-33-34-35-36-37-38-39-41-43-45-47-49-51-53-55-57-59-61-67(71)68-65(64-75-76(72,73)74-63-62-69(3,4)5)66(70)60-58-56-54-52-50-48-46-44-42-40-27-25-23-21-19-17-15-13-11-9-7-2/h8,10,14,16,20,22,26,28,30-31,33-34,36-37,39,41-42,44-45,47,50-53,58,60,65-66,70H,6-7,9,11-13,15,17-19,21,23-25,27,29,32,35,38,40,43,46,48-49,54-57,59,61-64H2,1-5H3,(H-,68,71,72,73)/b10-8-,16-14-,22-20-,28-26-,31-30-,34-33-,37-36-,41-39-,44-42+,47-45-,52-50+,53-51-,60-58+. The molecule has 3 unspecified atom stereocenters. The molecule has 0 saturated carbocycles. The van der Waals surface area contributed by atoms with E-state index in [2.05, 4.69) is 165 Å². The molecule has 2 N–H and O–H groups in total. The number of quaternary nitrogens is 1. The Kier molecular flexibility index (Phi) is 53.0. The van der Waals surface area contributed by atoms with Crippen LogP contribution >= 0.6 is 7.82 Å². The van der Waals surface area contributed by atoms with E-state index in [1.807, 2.05) is 27.2 Å². The first-order valence-corrected chi connectivity index (χ1v) is 31.3. The molecule has 0 aromatic heterocycles. The van der Waals surface area contributed by atoms with Crippen LogP contribution in [0.4, 0.5) is 0 Å². The van der Waals surface area contributed by atoms with Crippen LogP contribution < -0.4 is 10.2 Å². The van der Waals surface area contributed by atoms with Crippen LogP contribution in [-0.4, -0.2) is 68.5 Å². The molecule has 1 amide bonds. The number of unbranched alkanes of at least 4 members (excludes halogenated alkanes) is 15. The largest absolute Gasteiger partial charge is 0.756 e. The van der Waals surface area contributed by atoms with Gasteiger partial charge in [0, 0.05) is 6.42 Å². The first-order chi connectivity index (χ1) is 37.0. The predicted molar refractivity (Wildman–Crippen MR) is 329 cm³/mol. The smallest absolute Gasteiger partial charge is 0.268 e. The molecule has 0 aliphatic carbocycles. The summed E-state index contributed by atoms with van der Waals surface area (Å²) in [6, 6.07) is -0.947. The molecular weight excluding hydrogens is 960 g/mol. The molecule has 0 fully saturated rings. The highest BCUT2D eigenvalue weighted by molar-refractivity contribution is 7.45. The van der Waals surface area contributed by atoms with Gasteiger partial charge in [-0.1, -0.05) is 236 Å². The number of nitrogens with zero attached hydrogens (tertiary/aromatic N) is 1. The third kappa shape index (κ3) is 57.8. The van der Waals surface area contributed by atoms with Crippen LogP contribution in [0.25, 0.3) is 0 Å². The number of phosphoric acid groups is 1. The Morgan fingerprint density at radius 2 is 0.816 bits per heavy atom. The lowest BCUT2D eigenvalue weighted by Crippen LogP contribution is -2.45. The van der Waals surface area contributed by atoms with Gasteiger partial charge in [0.1, 0.15) is 13.2 Å². The van der Waals surface area contributed by atoms with Crippen LogP contribution in [-0.2, 0) is 18.4 Å². The van der Waals surface area contributed by atoms with Crippen LogP contribution in [0, 0.1) is 0 Å². The number of hydrogen-bond acceptors (Lipinski definition) is 6. The normalized spacial score (nSPS) is 15.0. The number of allylic oxidation sites excluding steroid dienone is 25. The third-order valence-corrected chi connectivity index (χ3v) is 13.2. The van der Waals surface area contributed by atoms with Crippen molar-refractivity contribution in [1.82, 2.24) is 5.32 Å². The molecule has 0 saturated heterocycles. The van der Waals surface area contributed by atoms with Crippen molar-refractivity contribution in [3.63, 3.8) is 0 Å². The monoisotopic (exact) mass is 1070 g/mol. The summed E-state index contributed by atoms with van der Waals surface area (Å²) < 4.78 is 23.3. The fourth-order valence-electron chi connectivity index (χ4n) is 7.56. The lowest BCUT2D eigenvalue weighted by Gasteiger charge is -2.29. The van der Waals surface area contributed by atoms with Crippen molar-refractivity contribution in [2.24, 2.45) is 0 Å². The Morgan fingerprint density at radius 1 is 0.474 bits per heavy atom. The molecule has 9 heteroatoms. The molecule has 3 atom stereocenters. The van der Waals surface area contributed by atoms with Crippen LogP contribution in [0.1, 0.15) is 206 Å². The summed E-state index contributed by atoms with van der Waals surface area (Å²) in [6.07, 6.45) is 87.6. The molecule has 0 radical (unpaired) electrons. The van der Waals surface area contributed by atoms with E-state index in [1.54, 1.807) is 6.08 Å². The van der Waals surface area contributed by atoms with Crippen LogP contribution in [0.2, 0.25) is 0 Å². The van der Waals surface area contributed by atoms with E-state index in [-0.39, 0.29) is 18.9 Å². The number of amides is 1. The zero-order valence-corrected chi connectivity index (χ0v) is 49.8. The lowest BCUT2D eigenvalue weighted by molar-refractivity contribution is -0.870. The minimum absolute atomic E-state index is 0.0270. The van der Waals surface area contributed by atoms with E-state index >= 15 is 0 Å². The summed E-state index contributed by atoms with van der Waals surface area (Å²) >= 11 is 0. The van der Waals surface area contributed by atoms with Gasteiger partial charge in [0.25, 0.3) is 7.82 Å². The second-order valence-corrected chi connectivity index (χ2v) is 22.0. The Hall–Kier alpha value is -3.88. The Balaban J connectivity index is 4.41. The molecule has 0 aromatic carbocycles. The van der Waals surface area contributed by atoms with E-state index in [0.717, 1.165) is 96.3 Å². The minimum Gasteiger partial charge on any atom is -0.756 e. The van der Waals surface area contributed by atoms with Gasteiger partial charge in [0.15, 0.2) is 0 Å². The SMILES string of the molecule is CC/C=C\C/C=C\C/C=C\C/C=C\C/C=C\C/C=C\C/C=C\C/C=C\C/C=C\C/C=C\CCCCC(=O)NC(COP(=O)([O-])OCC[N+](C)(C)C)C(O)/C=C/CC/C=C/CC/C=C/CCCCCCCCCCCCC. The molecule has 0 rings (SSSR count). The highest BCUT2D eigenvalue weighted by Gasteiger charge is 2.23. The van der Waals surface area contributed by atoms with E-state index in [1.165, 1.54) is 77.0 Å². The predicted octanol–water partition coefficient (Wildman–Crippen LogP) is 18.0. The lowest BCUT2D eigenvalue weighted by atomic mass is 10.1.